The van der Waals surface area contributed by atoms with Gasteiger partial charge in [-0.3, -0.25) is 4.79 Å². The fraction of sp³-hybridized carbons (Fsp3) is 0.143. The van der Waals surface area contributed by atoms with E-state index in [2.05, 4.69) is 32.5 Å². The van der Waals surface area contributed by atoms with Crippen molar-refractivity contribution in [3.05, 3.63) is 75.8 Å². The summed E-state index contributed by atoms with van der Waals surface area (Å²) in [6, 6.07) is 18.1. The number of aryl methyl sites for hydroxylation is 2. The molecule has 1 amide bonds. The van der Waals surface area contributed by atoms with Gasteiger partial charge in [-0.1, -0.05) is 42.5 Å². The van der Waals surface area contributed by atoms with E-state index in [-0.39, 0.29) is 12.5 Å². The number of nitrogens with one attached hydrogen (secondary N) is 1. The Morgan fingerprint density at radius 3 is 2.65 bits per heavy atom. The number of hydrogen-bond donors (Lipinski definition) is 1. The molecule has 0 bridgehead atoms. The Balaban J connectivity index is 1.57. The lowest BCUT2D eigenvalue weighted by atomic mass is 10.1. The van der Waals surface area contributed by atoms with Crippen LogP contribution in [-0.4, -0.2) is 18.7 Å². The number of rotatable bonds is 5. The number of ether oxygens (including phenoxy) is 1. The van der Waals surface area contributed by atoms with E-state index in [1.807, 2.05) is 62.4 Å². The van der Waals surface area contributed by atoms with Crippen molar-refractivity contribution >= 4 is 38.8 Å². The van der Waals surface area contributed by atoms with Gasteiger partial charge in [-0.15, -0.1) is 0 Å². The first kappa shape index (κ1) is 18.1. The van der Waals surface area contributed by atoms with Crippen molar-refractivity contribution in [1.29, 1.82) is 0 Å². The number of hydrazone groups is 1. The first-order valence-corrected chi connectivity index (χ1v) is 9.02. The Kier molecular flexibility index (Phi) is 5.68. The molecule has 0 aliphatic rings. The molecular formula is C21H19BrN2O2. The number of nitrogens with zero attached hydrogens (tertiary/aromatic N) is 1. The molecule has 0 aromatic heterocycles. The summed E-state index contributed by atoms with van der Waals surface area (Å²) in [5.74, 6) is 0.359. The maximum atomic E-state index is 11.9. The standard InChI is InChI=1S/C21H19BrN2O2/c1-14-9-15(2)21(19(22)10-14)26-13-20(25)24-23-12-16-7-8-17-5-3-4-6-18(17)11-16/h3-12H,13H2,1-2H3,(H,24,25)/b23-12+. The molecule has 0 heterocycles. The van der Waals surface area contributed by atoms with Crippen LogP contribution in [0.4, 0.5) is 0 Å². The Hall–Kier alpha value is -2.66. The smallest absolute Gasteiger partial charge is 0.277 e. The van der Waals surface area contributed by atoms with Crippen LogP contribution in [0.25, 0.3) is 10.8 Å². The molecular weight excluding hydrogens is 392 g/mol. The maximum Gasteiger partial charge on any atom is 0.277 e. The van der Waals surface area contributed by atoms with Gasteiger partial charge in [0.2, 0.25) is 0 Å². The van der Waals surface area contributed by atoms with Gasteiger partial charge in [-0.05, 0) is 69.4 Å². The fourth-order valence-corrected chi connectivity index (χ4v) is 3.51. The molecule has 0 saturated carbocycles. The van der Waals surface area contributed by atoms with E-state index in [4.69, 9.17) is 4.74 Å². The highest BCUT2D eigenvalue weighted by Gasteiger charge is 2.08. The van der Waals surface area contributed by atoms with Gasteiger partial charge in [0.05, 0.1) is 10.7 Å². The van der Waals surface area contributed by atoms with Crippen molar-refractivity contribution in [1.82, 2.24) is 5.43 Å². The van der Waals surface area contributed by atoms with E-state index in [0.717, 1.165) is 26.5 Å². The first-order valence-electron chi connectivity index (χ1n) is 8.23. The molecule has 0 radical (unpaired) electrons. The van der Waals surface area contributed by atoms with E-state index in [0.29, 0.717) is 5.75 Å². The molecule has 0 fully saturated rings. The van der Waals surface area contributed by atoms with Crippen LogP contribution in [0.2, 0.25) is 0 Å². The topological polar surface area (TPSA) is 50.7 Å². The summed E-state index contributed by atoms with van der Waals surface area (Å²) in [4.78, 5) is 11.9. The van der Waals surface area contributed by atoms with Gasteiger partial charge in [0.1, 0.15) is 5.75 Å². The monoisotopic (exact) mass is 410 g/mol. The van der Waals surface area contributed by atoms with Gasteiger partial charge in [-0.25, -0.2) is 5.43 Å². The van der Waals surface area contributed by atoms with Crippen molar-refractivity contribution in [2.24, 2.45) is 5.10 Å². The number of benzene rings is 3. The van der Waals surface area contributed by atoms with Gasteiger partial charge in [0.15, 0.2) is 6.61 Å². The lowest BCUT2D eigenvalue weighted by molar-refractivity contribution is -0.123. The van der Waals surface area contributed by atoms with Crippen molar-refractivity contribution in [2.45, 2.75) is 13.8 Å². The van der Waals surface area contributed by atoms with E-state index >= 15 is 0 Å². The van der Waals surface area contributed by atoms with E-state index in [9.17, 15) is 4.79 Å². The lowest BCUT2D eigenvalue weighted by Gasteiger charge is -2.11. The first-order chi connectivity index (χ1) is 12.5. The summed E-state index contributed by atoms with van der Waals surface area (Å²) in [6.07, 6.45) is 1.62. The molecule has 1 N–H and O–H groups in total. The molecule has 3 aromatic carbocycles. The van der Waals surface area contributed by atoms with Crippen LogP contribution in [0.15, 0.2) is 64.2 Å². The van der Waals surface area contributed by atoms with Gasteiger partial charge < -0.3 is 4.74 Å². The van der Waals surface area contributed by atoms with Gasteiger partial charge in [-0.2, -0.15) is 5.10 Å². The lowest BCUT2D eigenvalue weighted by Crippen LogP contribution is -2.24. The summed E-state index contributed by atoms with van der Waals surface area (Å²) in [6.45, 7) is 3.86. The second-order valence-electron chi connectivity index (χ2n) is 6.08. The van der Waals surface area contributed by atoms with Crippen LogP contribution >= 0.6 is 15.9 Å². The van der Waals surface area contributed by atoms with Crippen molar-refractivity contribution in [2.75, 3.05) is 6.61 Å². The SMILES string of the molecule is Cc1cc(C)c(OCC(=O)N/N=C/c2ccc3ccccc3c2)c(Br)c1. The molecule has 4 nitrogen and oxygen atoms in total. The summed E-state index contributed by atoms with van der Waals surface area (Å²) >= 11 is 3.46. The predicted molar refractivity (Wildman–Crippen MR) is 109 cm³/mol. The summed E-state index contributed by atoms with van der Waals surface area (Å²) < 4.78 is 6.45. The van der Waals surface area contributed by atoms with Crippen LogP contribution in [-0.2, 0) is 4.79 Å². The Morgan fingerprint density at radius 1 is 1.12 bits per heavy atom. The third-order valence-corrected chi connectivity index (χ3v) is 4.49. The van der Waals surface area contributed by atoms with Crippen LogP contribution in [0, 0.1) is 13.8 Å². The minimum absolute atomic E-state index is 0.0996. The highest BCUT2D eigenvalue weighted by Crippen LogP contribution is 2.30. The zero-order valence-electron chi connectivity index (χ0n) is 14.6. The van der Waals surface area contributed by atoms with Crippen molar-refractivity contribution < 1.29 is 9.53 Å². The van der Waals surface area contributed by atoms with E-state index < -0.39 is 0 Å². The molecule has 3 rings (SSSR count). The van der Waals surface area contributed by atoms with Crippen LogP contribution < -0.4 is 10.2 Å². The third kappa shape index (κ3) is 4.49. The molecule has 5 heteroatoms. The summed E-state index contributed by atoms with van der Waals surface area (Å²) in [5, 5.41) is 6.30. The highest BCUT2D eigenvalue weighted by molar-refractivity contribution is 9.10. The second-order valence-corrected chi connectivity index (χ2v) is 6.94. The normalized spacial score (nSPS) is 11.0. The Labute approximate surface area is 161 Å². The average molecular weight is 411 g/mol. The number of halogens is 1. The zero-order chi connectivity index (χ0) is 18.5. The highest BCUT2D eigenvalue weighted by atomic mass is 79.9. The van der Waals surface area contributed by atoms with Gasteiger partial charge in [0.25, 0.3) is 5.91 Å². The molecule has 0 saturated heterocycles. The second kappa shape index (κ2) is 8.15. The van der Waals surface area contributed by atoms with Crippen LogP contribution in [0.5, 0.6) is 5.75 Å². The minimum Gasteiger partial charge on any atom is -0.482 e. The van der Waals surface area contributed by atoms with E-state index in [1.165, 1.54) is 5.39 Å². The van der Waals surface area contributed by atoms with Crippen LogP contribution in [0.1, 0.15) is 16.7 Å². The molecule has 0 aliphatic heterocycles. The third-order valence-electron chi connectivity index (χ3n) is 3.90. The largest absolute Gasteiger partial charge is 0.482 e. The number of carbonyl (C=O) groups excluding carboxylic acids is 1. The Morgan fingerprint density at radius 2 is 1.88 bits per heavy atom. The number of hydrogen-bond acceptors (Lipinski definition) is 3. The van der Waals surface area contributed by atoms with Crippen LogP contribution in [0.3, 0.4) is 0 Å². The molecule has 26 heavy (non-hydrogen) atoms. The van der Waals surface area contributed by atoms with Gasteiger partial charge >= 0.3 is 0 Å². The predicted octanol–water partition coefficient (Wildman–Crippen LogP) is 4.75. The molecule has 0 aliphatic carbocycles. The minimum atomic E-state index is -0.311. The van der Waals surface area contributed by atoms with E-state index in [1.54, 1.807) is 6.21 Å². The van der Waals surface area contributed by atoms with Crippen molar-refractivity contribution in [3.8, 4) is 5.75 Å². The number of carbonyl (C=O) groups is 1. The molecule has 0 spiro atoms. The number of amides is 1. The van der Waals surface area contributed by atoms with Gasteiger partial charge in [0, 0.05) is 0 Å². The fourth-order valence-electron chi connectivity index (χ4n) is 2.72. The number of fused-ring (bicyclic) bond motifs is 1. The Bertz CT molecular complexity index is 960. The average Bonchev–Trinajstić information content (AvgIpc) is 2.60. The summed E-state index contributed by atoms with van der Waals surface area (Å²) in [5.41, 5.74) is 5.52. The summed E-state index contributed by atoms with van der Waals surface area (Å²) in [7, 11) is 0. The van der Waals surface area contributed by atoms with Crippen molar-refractivity contribution in [3.63, 3.8) is 0 Å². The zero-order valence-corrected chi connectivity index (χ0v) is 16.2. The molecule has 0 unspecified atom stereocenters. The molecule has 0 atom stereocenters. The molecule has 132 valence electrons. The maximum absolute atomic E-state index is 11.9. The molecule has 3 aromatic rings. The quantitative estimate of drug-likeness (QED) is 0.487.